The van der Waals surface area contributed by atoms with Gasteiger partial charge in [-0.2, -0.15) is 0 Å². The first-order valence-electron chi connectivity index (χ1n) is 11.0. The summed E-state index contributed by atoms with van der Waals surface area (Å²) < 4.78 is 10.9. The van der Waals surface area contributed by atoms with Crippen molar-refractivity contribution in [2.75, 3.05) is 19.8 Å². The van der Waals surface area contributed by atoms with Gasteiger partial charge in [0.2, 0.25) is 0 Å². The van der Waals surface area contributed by atoms with Crippen LogP contribution in [0, 0.1) is 0 Å². The van der Waals surface area contributed by atoms with Crippen LogP contribution in [0.5, 0.6) is 0 Å². The van der Waals surface area contributed by atoms with Gasteiger partial charge < -0.3 is 9.47 Å². The Morgan fingerprint density at radius 3 is 1.56 bits per heavy atom. The predicted molar refractivity (Wildman–Crippen MR) is 107 cm³/mol. The number of hydrogen-bond donors (Lipinski definition) is 0. The van der Waals surface area contributed by atoms with Gasteiger partial charge in [0.1, 0.15) is 0 Å². The summed E-state index contributed by atoms with van der Waals surface area (Å²) in [6, 6.07) is 0. The minimum atomic E-state index is -0.0643. The quantitative estimate of drug-likeness (QED) is 0.177. The average Bonchev–Trinajstić information content (AvgIpc) is 2.62. The first-order chi connectivity index (χ1) is 12.3. The second-order valence-electron chi connectivity index (χ2n) is 7.18. The summed E-state index contributed by atoms with van der Waals surface area (Å²) in [4.78, 5) is 11.6. The first-order valence-corrected chi connectivity index (χ1v) is 11.0. The van der Waals surface area contributed by atoms with Gasteiger partial charge in [0.15, 0.2) is 0 Å². The van der Waals surface area contributed by atoms with Gasteiger partial charge in [-0.25, -0.2) is 0 Å². The molecule has 25 heavy (non-hydrogen) atoms. The van der Waals surface area contributed by atoms with Crippen molar-refractivity contribution in [3.63, 3.8) is 0 Å². The molecular weight excluding hydrogens is 312 g/mol. The van der Waals surface area contributed by atoms with Crippen molar-refractivity contribution in [1.82, 2.24) is 0 Å². The Kier molecular flexibility index (Phi) is 21.0. The van der Waals surface area contributed by atoms with E-state index >= 15 is 0 Å². The number of hydrogen-bond acceptors (Lipinski definition) is 3. The SMILES string of the molecule is CCCCCCCCCOCCCC(=O)OCCCCCCCCC. The number of carbonyl (C=O) groups is 1. The lowest BCUT2D eigenvalue weighted by Gasteiger charge is -2.06. The maximum Gasteiger partial charge on any atom is 0.305 e. The third kappa shape index (κ3) is 21.4. The summed E-state index contributed by atoms with van der Waals surface area (Å²) in [5, 5.41) is 0. The maximum atomic E-state index is 11.6. The van der Waals surface area contributed by atoms with Gasteiger partial charge in [-0.1, -0.05) is 90.9 Å². The molecule has 0 aliphatic rings. The topological polar surface area (TPSA) is 35.5 Å². The van der Waals surface area contributed by atoms with E-state index < -0.39 is 0 Å². The van der Waals surface area contributed by atoms with Gasteiger partial charge in [0.25, 0.3) is 0 Å². The van der Waals surface area contributed by atoms with Crippen LogP contribution in [-0.2, 0) is 14.3 Å². The summed E-state index contributed by atoms with van der Waals surface area (Å²) >= 11 is 0. The highest BCUT2D eigenvalue weighted by Crippen LogP contribution is 2.08. The molecule has 0 unspecified atom stereocenters. The molecule has 0 atom stereocenters. The minimum Gasteiger partial charge on any atom is -0.466 e. The minimum absolute atomic E-state index is 0.0643. The fraction of sp³-hybridized carbons (Fsp3) is 0.955. The van der Waals surface area contributed by atoms with Crippen molar-refractivity contribution in [2.24, 2.45) is 0 Å². The molecule has 0 spiro atoms. The highest BCUT2D eigenvalue weighted by atomic mass is 16.5. The summed E-state index contributed by atoms with van der Waals surface area (Å²) in [5.74, 6) is -0.0643. The van der Waals surface area contributed by atoms with E-state index in [0.29, 0.717) is 19.6 Å². The average molecular weight is 357 g/mol. The Labute approximate surface area is 157 Å². The molecule has 0 saturated carbocycles. The Hall–Kier alpha value is -0.570. The molecule has 150 valence electrons. The molecule has 0 aromatic carbocycles. The Morgan fingerprint density at radius 2 is 1.00 bits per heavy atom. The van der Waals surface area contributed by atoms with E-state index in [2.05, 4.69) is 13.8 Å². The molecule has 0 amide bonds. The lowest BCUT2D eigenvalue weighted by Crippen LogP contribution is -2.07. The van der Waals surface area contributed by atoms with Crippen LogP contribution in [0.25, 0.3) is 0 Å². The molecule has 3 heteroatoms. The largest absolute Gasteiger partial charge is 0.466 e. The standard InChI is InChI=1S/C22H44O3/c1-3-5-7-9-11-13-15-19-24-20-17-18-22(23)25-21-16-14-12-10-8-6-4-2/h3-21H2,1-2H3. The van der Waals surface area contributed by atoms with Gasteiger partial charge in [-0.15, -0.1) is 0 Å². The normalized spacial score (nSPS) is 11.0. The van der Waals surface area contributed by atoms with Crippen LogP contribution in [0.4, 0.5) is 0 Å². The third-order valence-corrected chi connectivity index (χ3v) is 4.57. The van der Waals surface area contributed by atoms with E-state index in [1.165, 1.54) is 77.0 Å². The third-order valence-electron chi connectivity index (χ3n) is 4.57. The van der Waals surface area contributed by atoms with Gasteiger partial charge in [-0.3, -0.25) is 4.79 Å². The fourth-order valence-corrected chi connectivity index (χ4v) is 2.90. The maximum absolute atomic E-state index is 11.6. The van der Waals surface area contributed by atoms with Crippen molar-refractivity contribution in [3.8, 4) is 0 Å². The monoisotopic (exact) mass is 356 g/mol. The van der Waals surface area contributed by atoms with Gasteiger partial charge in [0.05, 0.1) is 6.61 Å². The molecule has 0 rings (SSSR count). The second kappa shape index (κ2) is 21.5. The van der Waals surface area contributed by atoms with E-state index in [1.54, 1.807) is 0 Å². The Morgan fingerprint density at radius 1 is 0.560 bits per heavy atom. The van der Waals surface area contributed by atoms with E-state index in [4.69, 9.17) is 9.47 Å². The van der Waals surface area contributed by atoms with Crippen molar-refractivity contribution >= 4 is 5.97 Å². The molecule has 0 saturated heterocycles. The van der Waals surface area contributed by atoms with Crippen molar-refractivity contribution in [1.29, 1.82) is 0 Å². The number of ether oxygens (including phenoxy) is 2. The van der Waals surface area contributed by atoms with Crippen molar-refractivity contribution in [2.45, 2.75) is 117 Å². The van der Waals surface area contributed by atoms with Gasteiger partial charge in [-0.05, 0) is 19.3 Å². The second-order valence-corrected chi connectivity index (χ2v) is 7.18. The lowest BCUT2D eigenvalue weighted by molar-refractivity contribution is -0.144. The van der Waals surface area contributed by atoms with Gasteiger partial charge in [0, 0.05) is 19.6 Å². The van der Waals surface area contributed by atoms with Gasteiger partial charge >= 0.3 is 5.97 Å². The number of rotatable bonds is 20. The van der Waals surface area contributed by atoms with Crippen molar-refractivity contribution < 1.29 is 14.3 Å². The molecule has 0 bridgehead atoms. The van der Waals surface area contributed by atoms with Crippen LogP contribution in [0.1, 0.15) is 117 Å². The highest BCUT2D eigenvalue weighted by molar-refractivity contribution is 5.69. The highest BCUT2D eigenvalue weighted by Gasteiger charge is 2.02. The molecule has 0 N–H and O–H groups in total. The molecule has 0 aromatic rings. The molecule has 0 fully saturated rings. The molecule has 3 nitrogen and oxygen atoms in total. The van der Waals surface area contributed by atoms with E-state index in [1.807, 2.05) is 0 Å². The summed E-state index contributed by atoms with van der Waals surface area (Å²) in [5.41, 5.74) is 0. The molecule has 0 aliphatic heterocycles. The Bertz CT molecular complexity index is 266. The van der Waals surface area contributed by atoms with Crippen LogP contribution < -0.4 is 0 Å². The van der Waals surface area contributed by atoms with E-state index in [0.717, 1.165) is 25.9 Å². The van der Waals surface area contributed by atoms with Crippen LogP contribution in [0.3, 0.4) is 0 Å². The van der Waals surface area contributed by atoms with Crippen LogP contribution in [-0.4, -0.2) is 25.8 Å². The van der Waals surface area contributed by atoms with Crippen molar-refractivity contribution in [3.05, 3.63) is 0 Å². The Balaban J connectivity index is 3.13. The zero-order valence-corrected chi connectivity index (χ0v) is 17.2. The van der Waals surface area contributed by atoms with Crippen LogP contribution in [0.15, 0.2) is 0 Å². The lowest BCUT2D eigenvalue weighted by atomic mass is 10.1. The summed E-state index contributed by atoms with van der Waals surface area (Å²) in [7, 11) is 0. The number of unbranched alkanes of at least 4 members (excludes halogenated alkanes) is 12. The number of carbonyl (C=O) groups excluding carboxylic acids is 1. The fourth-order valence-electron chi connectivity index (χ4n) is 2.90. The molecule has 0 aromatic heterocycles. The molecule has 0 heterocycles. The van der Waals surface area contributed by atoms with Crippen LogP contribution >= 0.6 is 0 Å². The molecular formula is C22H44O3. The smallest absolute Gasteiger partial charge is 0.305 e. The first kappa shape index (κ1) is 24.4. The summed E-state index contributed by atoms with van der Waals surface area (Å²) in [6.07, 6.45) is 19.2. The van der Waals surface area contributed by atoms with E-state index in [-0.39, 0.29) is 5.97 Å². The van der Waals surface area contributed by atoms with E-state index in [9.17, 15) is 4.79 Å². The summed E-state index contributed by atoms with van der Waals surface area (Å²) in [6.45, 7) is 6.59. The zero-order valence-electron chi connectivity index (χ0n) is 17.2. The number of esters is 1. The predicted octanol–water partition coefficient (Wildman–Crippen LogP) is 6.83. The molecule has 0 aliphatic carbocycles. The molecule has 0 radical (unpaired) electrons. The zero-order chi connectivity index (χ0) is 18.4. The van der Waals surface area contributed by atoms with Crippen LogP contribution in [0.2, 0.25) is 0 Å².